The second-order valence-corrected chi connectivity index (χ2v) is 8.73. The fourth-order valence-electron chi connectivity index (χ4n) is 4.19. The highest BCUT2D eigenvalue weighted by Crippen LogP contribution is 2.20. The van der Waals surface area contributed by atoms with Gasteiger partial charge in [-0.15, -0.1) is 24.0 Å². The minimum Gasteiger partial charge on any atom is -0.378 e. The van der Waals surface area contributed by atoms with Crippen LogP contribution < -0.4 is 10.6 Å². The van der Waals surface area contributed by atoms with Gasteiger partial charge in [0.2, 0.25) is 0 Å². The molecule has 0 atom stereocenters. The molecule has 1 saturated carbocycles. The third kappa shape index (κ3) is 10.1. The Morgan fingerprint density at radius 3 is 2.35 bits per heavy atom. The lowest BCUT2D eigenvalue weighted by Gasteiger charge is -2.32. The fraction of sp³-hybridized carbons (Fsp3) is 0.708. The molecule has 6 nitrogen and oxygen atoms in total. The van der Waals surface area contributed by atoms with Crippen LogP contribution in [0.2, 0.25) is 0 Å². The molecule has 176 valence electrons. The molecule has 0 aromatic heterocycles. The van der Waals surface area contributed by atoms with Gasteiger partial charge < -0.3 is 20.3 Å². The quantitative estimate of drug-likeness (QED) is 0.216. The molecule has 1 saturated heterocycles. The van der Waals surface area contributed by atoms with E-state index in [1.807, 2.05) is 7.05 Å². The van der Waals surface area contributed by atoms with Crippen LogP contribution in [0.1, 0.15) is 49.7 Å². The molecule has 1 aromatic carbocycles. The molecule has 0 spiro atoms. The van der Waals surface area contributed by atoms with Crippen molar-refractivity contribution >= 4 is 29.9 Å². The Balaban J connectivity index is 0.00000341. The van der Waals surface area contributed by atoms with Crippen molar-refractivity contribution in [3.05, 3.63) is 35.4 Å². The smallest absolute Gasteiger partial charge is 0.191 e. The van der Waals surface area contributed by atoms with Gasteiger partial charge in [-0.2, -0.15) is 0 Å². The number of rotatable bonds is 9. The summed E-state index contributed by atoms with van der Waals surface area (Å²) in [4.78, 5) is 9.27. The number of halogens is 1. The SMILES string of the molecule is CN=C(NCCCOC1CCCCC1)NCc1ccc(CN2CCN(C)CC2)cc1.I. The number of nitrogens with one attached hydrogen (secondary N) is 2. The van der Waals surface area contributed by atoms with E-state index in [0.29, 0.717) is 6.10 Å². The average Bonchev–Trinajstić information content (AvgIpc) is 2.79. The minimum atomic E-state index is 0. The Morgan fingerprint density at radius 2 is 1.68 bits per heavy atom. The lowest BCUT2D eigenvalue weighted by Crippen LogP contribution is -2.43. The number of hydrogen-bond donors (Lipinski definition) is 2. The van der Waals surface area contributed by atoms with Crippen LogP contribution in [0.25, 0.3) is 0 Å². The summed E-state index contributed by atoms with van der Waals surface area (Å²) < 4.78 is 5.99. The van der Waals surface area contributed by atoms with E-state index in [4.69, 9.17) is 4.74 Å². The fourth-order valence-corrected chi connectivity index (χ4v) is 4.19. The highest BCUT2D eigenvalue weighted by atomic mass is 127. The van der Waals surface area contributed by atoms with Crippen LogP contribution in [0, 0.1) is 0 Å². The monoisotopic (exact) mass is 543 g/mol. The first-order valence-electron chi connectivity index (χ1n) is 11.8. The van der Waals surface area contributed by atoms with Crippen LogP contribution in [0.3, 0.4) is 0 Å². The van der Waals surface area contributed by atoms with E-state index in [-0.39, 0.29) is 24.0 Å². The molecule has 1 aliphatic carbocycles. The third-order valence-electron chi connectivity index (χ3n) is 6.23. The first-order valence-corrected chi connectivity index (χ1v) is 11.8. The maximum atomic E-state index is 5.99. The van der Waals surface area contributed by atoms with Crippen molar-refractivity contribution in [3.63, 3.8) is 0 Å². The Kier molecular flexibility index (Phi) is 12.8. The highest BCUT2D eigenvalue weighted by Gasteiger charge is 2.14. The van der Waals surface area contributed by atoms with Crippen molar-refractivity contribution in [3.8, 4) is 0 Å². The van der Waals surface area contributed by atoms with Crippen molar-refractivity contribution in [1.29, 1.82) is 0 Å². The second kappa shape index (κ2) is 15.0. The molecule has 7 heteroatoms. The van der Waals surface area contributed by atoms with Gasteiger partial charge in [0.25, 0.3) is 0 Å². The van der Waals surface area contributed by atoms with Crippen LogP contribution in [0.15, 0.2) is 29.3 Å². The van der Waals surface area contributed by atoms with E-state index in [0.717, 1.165) is 51.7 Å². The number of benzene rings is 1. The lowest BCUT2D eigenvalue weighted by atomic mass is 9.98. The summed E-state index contributed by atoms with van der Waals surface area (Å²) in [5.74, 6) is 0.856. The van der Waals surface area contributed by atoms with Gasteiger partial charge in [-0.1, -0.05) is 43.5 Å². The Hall–Kier alpha value is -0.900. The standard InChI is InChI=1S/C24H41N5O.HI/c1-25-24(26-13-6-18-30-23-7-4-3-5-8-23)27-19-21-9-11-22(12-10-21)20-29-16-14-28(2)15-17-29;/h9-12,23H,3-8,13-20H2,1-2H3,(H2,25,26,27);1H. The number of guanidine groups is 1. The van der Waals surface area contributed by atoms with Crippen molar-refractivity contribution in [2.75, 3.05) is 53.4 Å². The van der Waals surface area contributed by atoms with Gasteiger partial charge in [-0.05, 0) is 37.4 Å². The highest BCUT2D eigenvalue weighted by molar-refractivity contribution is 14.0. The molecule has 1 aliphatic heterocycles. The molecule has 3 rings (SSSR count). The van der Waals surface area contributed by atoms with E-state index in [1.165, 1.54) is 56.3 Å². The third-order valence-corrected chi connectivity index (χ3v) is 6.23. The molecular formula is C24H42IN5O. The maximum absolute atomic E-state index is 5.99. The largest absolute Gasteiger partial charge is 0.378 e. The van der Waals surface area contributed by atoms with Crippen molar-refractivity contribution in [2.24, 2.45) is 4.99 Å². The van der Waals surface area contributed by atoms with E-state index < -0.39 is 0 Å². The molecule has 1 aromatic rings. The van der Waals surface area contributed by atoms with Crippen LogP contribution in [-0.2, 0) is 17.8 Å². The van der Waals surface area contributed by atoms with Crippen LogP contribution in [0.4, 0.5) is 0 Å². The van der Waals surface area contributed by atoms with Gasteiger partial charge in [0, 0.05) is 59.5 Å². The molecule has 0 unspecified atom stereocenters. The van der Waals surface area contributed by atoms with E-state index in [9.17, 15) is 0 Å². The summed E-state index contributed by atoms with van der Waals surface area (Å²) in [5.41, 5.74) is 2.67. The van der Waals surface area contributed by atoms with Crippen molar-refractivity contribution < 1.29 is 4.74 Å². The van der Waals surface area contributed by atoms with Crippen LogP contribution >= 0.6 is 24.0 Å². The predicted octanol–water partition coefficient (Wildman–Crippen LogP) is 3.46. The summed E-state index contributed by atoms with van der Waals surface area (Å²) in [7, 11) is 4.03. The number of hydrogen-bond acceptors (Lipinski definition) is 4. The molecule has 1 heterocycles. The van der Waals surface area contributed by atoms with E-state index >= 15 is 0 Å². The zero-order valence-corrected chi connectivity index (χ0v) is 21.8. The first kappa shape index (κ1) is 26.4. The van der Waals surface area contributed by atoms with Gasteiger partial charge in [0.15, 0.2) is 5.96 Å². The van der Waals surface area contributed by atoms with Crippen LogP contribution in [0.5, 0.6) is 0 Å². The van der Waals surface area contributed by atoms with Gasteiger partial charge in [-0.3, -0.25) is 9.89 Å². The summed E-state index contributed by atoms with van der Waals surface area (Å²) in [6.45, 7) is 8.21. The Labute approximate surface area is 206 Å². The number of nitrogens with zero attached hydrogens (tertiary/aromatic N) is 3. The average molecular weight is 544 g/mol. The van der Waals surface area contributed by atoms with E-state index in [2.05, 4.69) is 56.7 Å². The molecule has 31 heavy (non-hydrogen) atoms. The molecule has 2 fully saturated rings. The molecule has 0 amide bonds. The Morgan fingerprint density at radius 1 is 1.00 bits per heavy atom. The number of likely N-dealkylation sites (N-methyl/N-ethyl adjacent to an activating group) is 1. The second-order valence-electron chi connectivity index (χ2n) is 8.73. The summed E-state index contributed by atoms with van der Waals surface area (Å²) >= 11 is 0. The van der Waals surface area contributed by atoms with Crippen molar-refractivity contribution in [1.82, 2.24) is 20.4 Å². The minimum absolute atomic E-state index is 0. The predicted molar refractivity (Wildman–Crippen MR) is 140 cm³/mol. The molecule has 0 radical (unpaired) electrons. The molecule has 0 bridgehead atoms. The number of aliphatic imine (C=N–C) groups is 1. The van der Waals surface area contributed by atoms with E-state index in [1.54, 1.807) is 0 Å². The summed E-state index contributed by atoms with van der Waals surface area (Å²) in [6.07, 6.45) is 8.03. The summed E-state index contributed by atoms with van der Waals surface area (Å²) in [5, 5.41) is 6.81. The van der Waals surface area contributed by atoms with Gasteiger partial charge >= 0.3 is 0 Å². The molecular weight excluding hydrogens is 501 g/mol. The Bertz CT molecular complexity index is 625. The lowest BCUT2D eigenvalue weighted by molar-refractivity contribution is 0.0277. The maximum Gasteiger partial charge on any atom is 0.191 e. The van der Waals surface area contributed by atoms with Gasteiger partial charge in [0.05, 0.1) is 6.10 Å². The zero-order chi connectivity index (χ0) is 21.0. The molecule has 2 N–H and O–H groups in total. The van der Waals surface area contributed by atoms with Gasteiger partial charge in [-0.25, -0.2) is 0 Å². The normalized spacial score (nSPS) is 19.1. The summed E-state index contributed by atoms with van der Waals surface area (Å²) in [6, 6.07) is 8.97. The van der Waals surface area contributed by atoms with Crippen molar-refractivity contribution in [2.45, 2.75) is 57.7 Å². The van der Waals surface area contributed by atoms with Crippen LogP contribution in [-0.4, -0.2) is 75.3 Å². The molecule has 2 aliphatic rings. The zero-order valence-electron chi connectivity index (χ0n) is 19.4. The number of piperazine rings is 1. The first-order chi connectivity index (χ1) is 14.7. The number of ether oxygens (including phenoxy) is 1. The topological polar surface area (TPSA) is 52.1 Å². The van der Waals surface area contributed by atoms with Gasteiger partial charge in [0.1, 0.15) is 0 Å².